The van der Waals surface area contributed by atoms with E-state index in [2.05, 4.69) is 22.9 Å². The molecular formula is C11H21N3O2S3. The van der Waals surface area contributed by atoms with Crippen LogP contribution in [0.25, 0.3) is 0 Å². The van der Waals surface area contributed by atoms with E-state index in [1.54, 1.807) is 11.8 Å². The largest absolute Gasteiger partial charge is 0.382 e. The number of anilines is 2. The Morgan fingerprint density at radius 3 is 2.79 bits per heavy atom. The third-order valence-corrected chi connectivity index (χ3v) is 6.67. The van der Waals surface area contributed by atoms with Crippen LogP contribution in [0.1, 0.15) is 26.7 Å². The van der Waals surface area contributed by atoms with Crippen molar-refractivity contribution < 1.29 is 8.42 Å². The van der Waals surface area contributed by atoms with Crippen molar-refractivity contribution in [1.82, 2.24) is 4.37 Å². The highest BCUT2D eigenvalue weighted by Gasteiger charge is 2.24. The van der Waals surface area contributed by atoms with Crippen molar-refractivity contribution in [2.24, 2.45) is 0 Å². The number of nitrogens with one attached hydrogen (secondary N) is 1. The van der Waals surface area contributed by atoms with Crippen LogP contribution >= 0.6 is 23.3 Å². The molecule has 0 amide bonds. The zero-order valence-electron chi connectivity index (χ0n) is 11.5. The van der Waals surface area contributed by atoms with Gasteiger partial charge < -0.3 is 11.1 Å². The molecular weight excluding hydrogens is 302 g/mol. The molecule has 5 nitrogen and oxygen atoms in total. The van der Waals surface area contributed by atoms with Crippen LogP contribution in [0.4, 0.5) is 10.8 Å². The fraction of sp³-hybridized carbons (Fsp3) is 0.727. The van der Waals surface area contributed by atoms with Gasteiger partial charge in [0, 0.05) is 11.8 Å². The monoisotopic (exact) mass is 323 g/mol. The Morgan fingerprint density at radius 2 is 2.21 bits per heavy atom. The minimum atomic E-state index is -3.33. The Labute approximate surface area is 123 Å². The SMILES string of the molecule is CCCS(=O)(=O)c1c(N)nsc1NCCC(C)SC. The first-order valence-corrected chi connectivity index (χ1v) is 9.88. The van der Waals surface area contributed by atoms with E-state index in [0.717, 1.165) is 24.5 Å². The molecule has 0 saturated carbocycles. The van der Waals surface area contributed by atoms with E-state index in [1.165, 1.54) is 0 Å². The molecule has 0 bridgehead atoms. The maximum atomic E-state index is 12.1. The fourth-order valence-electron chi connectivity index (χ4n) is 1.58. The molecule has 0 fully saturated rings. The molecule has 110 valence electrons. The Hall–Kier alpha value is -0.470. The average molecular weight is 324 g/mol. The lowest BCUT2D eigenvalue weighted by Gasteiger charge is -2.10. The van der Waals surface area contributed by atoms with E-state index in [0.29, 0.717) is 16.7 Å². The highest BCUT2D eigenvalue weighted by Crippen LogP contribution is 2.32. The van der Waals surface area contributed by atoms with E-state index >= 15 is 0 Å². The molecule has 1 unspecified atom stereocenters. The second-order valence-electron chi connectivity index (χ2n) is 4.31. The van der Waals surface area contributed by atoms with Gasteiger partial charge in [-0.2, -0.15) is 16.1 Å². The Bertz CT molecular complexity index is 499. The molecule has 1 aromatic heterocycles. The van der Waals surface area contributed by atoms with Crippen molar-refractivity contribution in [2.75, 3.05) is 29.6 Å². The number of hydrogen-bond acceptors (Lipinski definition) is 7. The molecule has 0 aromatic carbocycles. The Morgan fingerprint density at radius 1 is 1.53 bits per heavy atom. The molecule has 1 heterocycles. The number of rotatable bonds is 8. The van der Waals surface area contributed by atoms with Crippen LogP contribution in [-0.4, -0.2) is 36.6 Å². The molecule has 0 spiro atoms. The normalized spacial score (nSPS) is 13.4. The average Bonchev–Trinajstić information content (AvgIpc) is 2.71. The Kier molecular flexibility index (Phi) is 6.41. The maximum Gasteiger partial charge on any atom is 0.185 e. The summed E-state index contributed by atoms with van der Waals surface area (Å²) in [4.78, 5) is 0.177. The number of thioether (sulfide) groups is 1. The van der Waals surface area contributed by atoms with Crippen LogP contribution in [0.3, 0.4) is 0 Å². The lowest BCUT2D eigenvalue weighted by atomic mass is 10.3. The summed E-state index contributed by atoms with van der Waals surface area (Å²) in [6, 6.07) is 0. The van der Waals surface area contributed by atoms with Crippen LogP contribution in [0.5, 0.6) is 0 Å². The van der Waals surface area contributed by atoms with Gasteiger partial charge in [-0.15, -0.1) is 0 Å². The smallest absolute Gasteiger partial charge is 0.185 e. The Balaban J connectivity index is 2.81. The van der Waals surface area contributed by atoms with Crippen LogP contribution in [0.2, 0.25) is 0 Å². The molecule has 1 atom stereocenters. The molecule has 0 aliphatic heterocycles. The van der Waals surface area contributed by atoms with Crippen molar-refractivity contribution in [3.8, 4) is 0 Å². The quantitative estimate of drug-likeness (QED) is 0.764. The first-order chi connectivity index (χ1) is 8.92. The minimum absolute atomic E-state index is 0.103. The van der Waals surface area contributed by atoms with E-state index < -0.39 is 9.84 Å². The summed E-state index contributed by atoms with van der Waals surface area (Å²) in [5.74, 6) is 0.213. The van der Waals surface area contributed by atoms with Gasteiger partial charge in [-0.1, -0.05) is 13.8 Å². The van der Waals surface area contributed by atoms with E-state index in [4.69, 9.17) is 5.73 Å². The second kappa shape index (κ2) is 7.35. The third kappa shape index (κ3) is 4.54. The van der Waals surface area contributed by atoms with Crippen molar-refractivity contribution >= 4 is 44.0 Å². The number of aromatic nitrogens is 1. The van der Waals surface area contributed by atoms with Gasteiger partial charge in [-0.25, -0.2) is 8.42 Å². The van der Waals surface area contributed by atoms with Gasteiger partial charge in [0.2, 0.25) is 0 Å². The summed E-state index contributed by atoms with van der Waals surface area (Å²) in [6.07, 6.45) is 3.60. The van der Waals surface area contributed by atoms with Gasteiger partial charge in [0.1, 0.15) is 9.90 Å². The number of nitrogens with zero attached hydrogens (tertiary/aromatic N) is 1. The number of nitrogen functional groups attached to an aromatic ring is 1. The molecule has 0 radical (unpaired) electrons. The third-order valence-electron chi connectivity index (χ3n) is 2.70. The van der Waals surface area contributed by atoms with Gasteiger partial charge in [-0.3, -0.25) is 0 Å². The van der Waals surface area contributed by atoms with Crippen LogP contribution in [0.15, 0.2) is 4.90 Å². The standard InChI is InChI=1S/C11H21N3O2S3/c1-4-7-19(15,16)9-10(12)14-18-11(9)13-6-5-8(2)17-3/h8,13H,4-7H2,1-3H3,(H2,12,14). The fourth-order valence-corrected chi connectivity index (χ4v) is 4.58. The molecule has 19 heavy (non-hydrogen) atoms. The molecule has 8 heteroatoms. The number of sulfone groups is 1. The van der Waals surface area contributed by atoms with Gasteiger partial charge in [0.25, 0.3) is 0 Å². The zero-order chi connectivity index (χ0) is 14.5. The van der Waals surface area contributed by atoms with Crippen LogP contribution in [0, 0.1) is 0 Å². The highest BCUT2D eigenvalue weighted by atomic mass is 32.2. The van der Waals surface area contributed by atoms with Crippen molar-refractivity contribution in [3.05, 3.63) is 0 Å². The van der Waals surface area contributed by atoms with E-state index in [1.807, 2.05) is 6.92 Å². The lowest BCUT2D eigenvalue weighted by Crippen LogP contribution is -2.12. The molecule has 1 aromatic rings. The first kappa shape index (κ1) is 16.6. The summed E-state index contributed by atoms with van der Waals surface area (Å²) in [5.41, 5.74) is 5.69. The molecule has 0 aliphatic carbocycles. The number of nitrogens with two attached hydrogens (primary N) is 1. The van der Waals surface area contributed by atoms with Crippen molar-refractivity contribution in [2.45, 2.75) is 36.8 Å². The molecule has 1 rings (SSSR count). The van der Waals surface area contributed by atoms with Crippen LogP contribution in [-0.2, 0) is 9.84 Å². The molecule has 0 saturated heterocycles. The van der Waals surface area contributed by atoms with E-state index in [-0.39, 0.29) is 16.5 Å². The summed E-state index contributed by atoms with van der Waals surface area (Å²) >= 11 is 2.90. The minimum Gasteiger partial charge on any atom is -0.382 e. The van der Waals surface area contributed by atoms with Gasteiger partial charge in [0.15, 0.2) is 15.7 Å². The predicted octanol–water partition coefficient (Wildman–Crippen LogP) is 2.46. The second-order valence-corrected chi connectivity index (χ2v) is 8.40. The first-order valence-electron chi connectivity index (χ1n) is 6.17. The van der Waals surface area contributed by atoms with Crippen LogP contribution < -0.4 is 11.1 Å². The summed E-state index contributed by atoms with van der Waals surface area (Å²) in [5, 5.41) is 4.25. The van der Waals surface area contributed by atoms with Crippen molar-refractivity contribution in [3.63, 3.8) is 0 Å². The maximum absolute atomic E-state index is 12.1. The van der Waals surface area contributed by atoms with Gasteiger partial charge in [-0.05, 0) is 30.6 Å². The number of hydrogen-bond donors (Lipinski definition) is 2. The molecule has 3 N–H and O–H groups in total. The summed E-state index contributed by atoms with van der Waals surface area (Å²) < 4.78 is 28.2. The van der Waals surface area contributed by atoms with Gasteiger partial charge >= 0.3 is 0 Å². The van der Waals surface area contributed by atoms with Crippen molar-refractivity contribution in [1.29, 1.82) is 0 Å². The predicted molar refractivity (Wildman–Crippen MR) is 85.0 cm³/mol. The summed E-state index contributed by atoms with van der Waals surface area (Å²) in [7, 11) is -3.33. The zero-order valence-corrected chi connectivity index (χ0v) is 13.9. The molecule has 0 aliphatic rings. The summed E-state index contributed by atoms with van der Waals surface area (Å²) in [6.45, 7) is 4.70. The van der Waals surface area contributed by atoms with E-state index in [9.17, 15) is 8.42 Å². The van der Waals surface area contributed by atoms with Gasteiger partial charge in [0.05, 0.1) is 5.75 Å². The topological polar surface area (TPSA) is 85.1 Å². The highest BCUT2D eigenvalue weighted by molar-refractivity contribution is 7.99. The lowest BCUT2D eigenvalue weighted by molar-refractivity contribution is 0.595.